The smallest absolute Gasteiger partial charge is 0.233 e. The lowest BCUT2D eigenvalue weighted by molar-refractivity contribution is -0.142. The van der Waals surface area contributed by atoms with Crippen molar-refractivity contribution in [2.75, 3.05) is 37.7 Å². The number of ether oxygens (including phenoxy) is 1. The third kappa shape index (κ3) is 3.38. The minimum absolute atomic E-state index is 0.0296. The number of anilines is 1. The van der Waals surface area contributed by atoms with Crippen molar-refractivity contribution in [2.24, 2.45) is 0 Å². The minimum Gasteiger partial charge on any atom is -0.381 e. The zero-order chi connectivity index (χ0) is 22.3. The second-order valence-corrected chi connectivity index (χ2v) is 8.42. The molecule has 0 radical (unpaired) electrons. The fourth-order valence-corrected chi connectivity index (χ4v) is 4.90. The third-order valence-corrected chi connectivity index (χ3v) is 6.59. The largest absolute Gasteiger partial charge is 0.381 e. The number of carbonyl (C=O) groups excluding carboxylic acids is 1. The number of benzene rings is 1. The molecule has 5 rings (SSSR count). The van der Waals surface area contributed by atoms with E-state index in [1.54, 1.807) is 28.0 Å². The van der Waals surface area contributed by atoms with Gasteiger partial charge in [-0.25, -0.2) is 13.8 Å². The van der Waals surface area contributed by atoms with E-state index in [2.05, 4.69) is 20.1 Å². The summed E-state index contributed by atoms with van der Waals surface area (Å²) in [6.07, 6.45) is 5.84. The number of hydrogen-bond acceptors (Lipinski definition) is 6. The molecular formula is C22H24F2N6O2. The lowest BCUT2D eigenvalue weighted by atomic mass is 9.72. The van der Waals surface area contributed by atoms with Crippen molar-refractivity contribution in [1.29, 1.82) is 0 Å². The Labute approximate surface area is 183 Å². The second-order valence-electron chi connectivity index (χ2n) is 8.42. The summed E-state index contributed by atoms with van der Waals surface area (Å²) in [5.74, 6) is -0.755. The highest BCUT2D eigenvalue weighted by Gasteiger charge is 2.47. The molecule has 2 saturated heterocycles. The molecule has 1 aromatic carbocycles. The molecule has 0 N–H and O–H groups in total. The van der Waals surface area contributed by atoms with Crippen LogP contribution in [0.15, 0.2) is 36.9 Å². The van der Waals surface area contributed by atoms with Gasteiger partial charge in [0.15, 0.2) is 5.82 Å². The molecule has 0 spiro atoms. The van der Waals surface area contributed by atoms with E-state index >= 15 is 0 Å². The molecule has 0 saturated carbocycles. The first-order chi connectivity index (χ1) is 15.5. The molecule has 10 heteroatoms. The SMILES string of the molecule is CC1CN(C(=O)C2(c3ccc(F)cc3F)CCOCC2)CCN1c1nccn2cnnc12. The van der Waals surface area contributed by atoms with Gasteiger partial charge in [0.25, 0.3) is 0 Å². The number of aromatic nitrogens is 4. The van der Waals surface area contributed by atoms with Gasteiger partial charge in [0, 0.05) is 62.9 Å². The standard InChI is InChI=1S/C22H24F2N6O2/c1-15-13-28(8-9-30(15)19-20-27-26-14-29(20)7-6-25-19)21(31)22(4-10-32-11-5-22)17-3-2-16(23)12-18(17)24/h2-3,6-7,12,14-15H,4-5,8-11,13H2,1H3. The molecule has 1 unspecified atom stereocenters. The van der Waals surface area contributed by atoms with Gasteiger partial charge in [-0.2, -0.15) is 0 Å². The second kappa shape index (κ2) is 8.09. The minimum atomic E-state index is -1.05. The van der Waals surface area contributed by atoms with E-state index in [-0.39, 0.29) is 17.5 Å². The van der Waals surface area contributed by atoms with E-state index in [0.29, 0.717) is 51.3 Å². The number of rotatable bonds is 3. The highest BCUT2D eigenvalue weighted by Crippen LogP contribution is 2.39. The van der Waals surface area contributed by atoms with Crippen LogP contribution in [0.5, 0.6) is 0 Å². The van der Waals surface area contributed by atoms with E-state index in [4.69, 9.17) is 4.74 Å². The molecule has 8 nitrogen and oxygen atoms in total. The Kier molecular flexibility index (Phi) is 5.24. The van der Waals surface area contributed by atoms with Gasteiger partial charge >= 0.3 is 0 Å². The van der Waals surface area contributed by atoms with Gasteiger partial charge in [-0.3, -0.25) is 9.20 Å². The third-order valence-electron chi connectivity index (χ3n) is 6.59. The molecule has 2 fully saturated rings. The molecule has 0 aliphatic carbocycles. The predicted molar refractivity (Wildman–Crippen MR) is 112 cm³/mol. The summed E-state index contributed by atoms with van der Waals surface area (Å²) in [5, 5.41) is 8.12. The van der Waals surface area contributed by atoms with Crippen LogP contribution in [0.1, 0.15) is 25.3 Å². The van der Waals surface area contributed by atoms with Gasteiger partial charge in [-0.05, 0) is 25.8 Å². The fraction of sp³-hybridized carbons (Fsp3) is 0.455. The summed E-state index contributed by atoms with van der Waals surface area (Å²) < 4.78 is 35.6. The van der Waals surface area contributed by atoms with E-state index in [1.807, 2.05) is 6.92 Å². The lowest BCUT2D eigenvalue weighted by Gasteiger charge is -2.45. The summed E-state index contributed by atoms with van der Waals surface area (Å²) >= 11 is 0. The summed E-state index contributed by atoms with van der Waals surface area (Å²) in [7, 11) is 0. The number of nitrogens with zero attached hydrogens (tertiary/aromatic N) is 6. The summed E-state index contributed by atoms with van der Waals surface area (Å²) in [6.45, 7) is 4.22. The average Bonchev–Trinajstić information content (AvgIpc) is 3.28. The van der Waals surface area contributed by atoms with Gasteiger partial charge in [-0.15, -0.1) is 10.2 Å². The van der Waals surface area contributed by atoms with Gasteiger partial charge < -0.3 is 14.5 Å². The van der Waals surface area contributed by atoms with Crippen molar-refractivity contribution >= 4 is 17.4 Å². The highest BCUT2D eigenvalue weighted by molar-refractivity contribution is 5.89. The Balaban J connectivity index is 1.42. The van der Waals surface area contributed by atoms with Crippen LogP contribution in [0.2, 0.25) is 0 Å². The van der Waals surface area contributed by atoms with Gasteiger partial charge in [0.2, 0.25) is 11.6 Å². The fourth-order valence-electron chi connectivity index (χ4n) is 4.90. The van der Waals surface area contributed by atoms with E-state index < -0.39 is 17.0 Å². The average molecular weight is 442 g/mol. The van der Waals surface area contributed by atoms with Crippen LogP contribution < -0.4 is 4.90 Å². The zero-order valence-electron chi connectivity index (χ0n) is 17.7. The number of hydrogen-bond donors (Lipinski definition) is 0. The molecule has 2 aliphatic rings. The Morgan fingerprint density at radius 1 is 1.22 bits per heavy atom. The van der Waals surface area contributed by atoms with Crippen molar-refractivity contribution in [1.82, 2.24) is 24.5 Å². The summed E-state index contributed by atoms with van der Waals surface area (Å²) in [5.41, 5.74) is -0.144. The van der Waals surface area contributed by atoms with Crippen molar-refractivity contribution in [3.63, 3.8) is 0 Å². The summed E-state index contributed by atoms with van der Waals surface area (Å²) in [4.78, 5) is 22.2. The first-order valence-corrected chi connectivity index (χ1v) is 10.7. The van der Waals surface area contributed by atoms with Crippen LogP contribution >= 0.6 is 0 Å². The van der Waals surface area contributed by atoms with Crippen LogP contribution in [0.25, 0.3) is 5.65 Å². The van der Waals surface area contributed by atoms with Crippen molar-refractivity contribution in [3.05, 3.63) is 54.1 Å². The summed E-state index contributed by atoms with van der Waals surface area (Å²) in [6, 6.07) is 3.45. The Morgan fingerprint density at radius 2 is 2.03 bits per heavy atom. The number of piperazine rings is 1. The van der Waals surface area contributed by atoms with Crippen LogP contribution in [-0.4, -0.2) is 69.3 Å². The number of halogens is 2. The molecule has 168 valence electrons. The first kappa shape index (κ1) is 20.7. The van der Waals surface area contributed by atoms with Crippen molar-refractivity contribution in [3.8, 4) is 0 Å². The Bertz CT molecular complexity index is 1150. The zero-order valence-corrected chi connectivity index (χ0v) is 17.7. The number of amides is 1. The quantitative estimate of drug-likeness (QED) is 0.619. The topological polar surface area (TPSA) is 75.9 Å². The molecule has 32 heavy (non-hydrogen) atoms. The van der Waals surface area contributed by atoms with Crippen LogP contribution in [0.4, 0.5) is 14.6 Å². The Hall–Kier alpha value is -3.14. The number of fused-ring (bicyclic) bond motifs is 1. The predicted octanol–water partition coefficient (Wildman–Crippen LogP) is 2.19. The van der Waals surface area contributed by atoms with E-state index in [9.17, 15) is 13.6 Å². The van der Waals surface area contributed by atoms with E-state index in [0.717, 1.165) is 11.9 Å². The molecule has 2 aromatic heterocycles. The lowest BCUT2D eigenvalue weighted by Crippen LogP contribution is -2.59. The molecule has 1 amide bonds. The van der Waals surface area contributed by atoms with Gasteiger partial charge in [0.05, 0.1) is 5.41 Å². The van der Waals surface area contributed by atoms with Gasteiger partial charge in [0.1, 0.15) is 18.0 Å². The maximum absolute atomic E-state index is 14.8. The van der Waals surface area contributed by atoms with Crippen molar-refractivity contribution in [2.45, 2.75) is 31.2 Å². The van der Waals surface area contributed by atoms with Crippen LogP contribution in [0, 0.1) is 11.6 Å². The number of carbonyl (C=O) groups is 1. The molecular weight excluding hydrogens is 418 g/mol. The van der Waals surface area contributed by atoms with E-state index in [1.165, 1.54) is 12.1 Å². The maximum atomic E-state index is 14.8. The maximum Gasteiger partial charge on any atom is 0.233 e. The molecule has 1 atom stereocenters. The van der Waals surface area contributed by atoms with Crippen LogP contribution in [-0.2, 0) is 14.9 Å². The Morgan fingerprint density at radius 3 is 2.78 bits per heavy atom. The molecule has 0 bridgehead atoms. The molecule has 2 aliphatic heterocycles. The first-order valence-electron chi connectivity index (χ1n) is 10.7. The van der Waals surface area contributed by atoms with Crippen molar-refractivity contribution < 1.29 is 18.3 Å². The van der Waals surface area contributed by atoms with Crippen LogP contribution in [0.3, 0.4) is 0 Å². The highest BCUT2D eigenvalue weighted by atomic mass is 19.1. The molecule has 3 aromatic rings. The normalized spacial score (nSPS) is 21.2. The monoisotopic (exact) mass is 442 g/mol. The van der Waals surface area contributed by atoms with Gasteiger partial charge in [-0.1, -0.05) is 6.07 Å². The molecule has 4 heterocycles.